The molecule has 6 aromatic rings. The van der Waals surface area contributed by atoms with Gasteiger partial charge in [0.2, 0.25) is 0 Å². The molecule has 0 bridgehead atoms. The smallest absolute Gasteiger partial charge is 0.296 e. The summed E-state index contributed by atoms with van der Waals surface area (Å²) in [5.41, 5.74) is 8.28. The van der Waals surface area contributed by atoms with Gasteiger partial charge in [0.25, 0.3) is 15.7 Å². The van der Waals surface area contributed by atoms with Gasteiger partial charge < -0.3 is 20.3 Å². The van der Waals surface area contributed by atoms with Crippen molar-refractivity contribution in [2.75, 3.05) is 20.0 Å². The molecule has 0 fully saturated rings. The van der Waals surface area contributed by atoms with Crippen LogP contribution in [0, 0.1) is 6.92 Å². The molecule has 0 atom stereocenters. The number of ether oxygens (including phenoxy) is 2. The fraction of sp³-hybridized carbons (Fsp3) is 0.0909. The van der Waals surface area contributed by atoms with Crippen LogP contribution >= 0.6 is 0 Å². The van der Waals surface area contributed by atoms with Gasteiger partial charge in [-0.15, -0.1) is 10.2 Å². The SMILES string of the molecule is COc1cc(-c2ccc(-n3c(C)nc4ccccc4c3=O)c(OC)c2)ccc1N=Nc1c(S(=O)(=O)O)cc2cc(N)ccc2c1O. The van der Waals surface area contributed by atoms with Crippen molar-refractivity contribution in [3.05, 3.63) is 101 Å². The Morgan fingerprint density at radius 1 is 0.848 bits per heavy atom. The lowest BCUT2D eigenvalue weighted by molar-refractivity contribution is 0.412. The number of hydrogen-bond acceptors (Lipinski definition) is 10. The Morgan fingerprint density at radius 2 is 1.54 bits per heavy atom. The Kier molecular flexibility index (Phi) is 7.64. The van der Waals surface area contributed by atoms with Crippen LogP contribution in [0.4, 0.5) is 17.1 Å². The second kappa shape index (κ2) is 11.6. The highest BCUT2D eigenvalue weighted by atomic mass is 32.2. The molecule has 0 saturated carbocycles. The maximum Gasteiger partial charge on any atom is 0.296 e. The number of fused-ring (bicyclic) bond motifs is 2. The van der Waals surface area contributed by atoms with Crippen molar-refractivity contribution in [1.82, 2.24) is 9.55 Å². The van der Waals surface area contributed by atoms with E-state index >= 15 is 0 Å². The van der Waals surface area contributed by atoms with E-state index in [2.05, 4.69) is 15.2 Å². The monoisotopic (exact) mass is 637 g/mol. The van der Waals surface area contributed by atoms with Crippen molar-refractivity contribution in [2.24, 2.45) is 10.2 Å². The van der Waals surface area contributed by atoms with Crippen molar-refractivity contribution < 1.29 is 27.6 Å². The van der Waals surface area contributed by atoms with Gasteiger partial charge in [-0.2, -0.15) is 8.42 Å². The molecule has 0 aliphatic rings. The first kappa shape index (κ1) is 30.2. The molecule has 5 aromatic carbocycles. The van der Waals surface area contributed by atoms with Crippen molar-refractivity contribution >= 4 is 48.9 Å². The normalized spacial score (nSPS) is 11.8. The second-order valence-corrected chi connectivity index (χ2v) is 11.7. The number of hydrogen-bond donors (Lipinski definition) is 3. The van der Waals surface area contributed by atoms with Crippen LogP contribution in [0.15, 0.2) is 105 Å². The summed E-state index contributed by atoms with van der Waals surface area (Å²) in [6.07, 6.45) is 0. The van der Waals surface area contributed by atoms with Crippen LogP contribution in [0.1, 0.15) is 5.82 Å². The van der Waals surface area contributed by atoms with Gasteiger partial charge >= 0.3 is 0 Å². The first-order valence-corrected chi connectivity index (χ1v) is 15.2. The summed E-state index contributed by atoms with van der Waals surface area (Å²) in [6.45, 7) is 1.76. The van der Waals surface area contributed by atoms with E-state index in [9.17, 15) is 22.9 Å². The van der Waals surface area contributed by atoms with Gasteiger partial charge in [0, 0.05) is 11.1 Å². The highest BCUT2D eigenvalue weighted by Crippen LogP contribution is 2.43. The highest BCUT2D eigenvalue weighted by Gasteiger charge is 2.22. The van der Waals surface area contributed by atoms with Crippen LogP contribution in [0.3, 0.4) is 0 Å². The summed E-state index contributed by atoms with van der Waals surface area (Å²) in [6, 6.07) is 23.2. The summed E-state index contributed by atoms with van der Waals surface area (Å²) in [5.74, 6) is 0.739. The Bertz CT molecular complexity index is 2390. The lowest BCUT2D eigenvalue weighted by Gasteiger charge is -2.16. The minimum atomic E-state index is -4.79. The van der Waals surface area contributed by atoms with Crippen LogP contribution in [0.2, 0.25) is 0 Å². The lowest BCUT2D eigenvalue weighted by Crippen LogP contribution is -2.22. The predicted octanol–water partition coefficient (Wildman–Crippen LogP) is 6.48. The molecule has 0 saturated heterocycles. The molecule has 6 rings (SSSR count). The van der Waals surface area contributed by atoms with Crippen molar-refractivity contribution in [2.45, 2.75) is 11.8 Å². The molecule has 4 N–H and O–H groups in total. The van der Waals surface area contributed by atoms with Gasteiger partial charge in [-0.25, -0.2) is 4.98 Å². The predicted molar refractivity (Wildman–Crippen MR) is 175 cm³/mol. The van der Waals surface area contributed by atoms with Crippen LogP contribution in [-0.4, -0.2) is 41.8 Å². The van der Waals surface area contributed by atoms with Crippen LogP contribution < -0.4 is 20.8 Å². The fourth-order valence-electron chi connectivity index (χ4n) is 5.28. The van der Waals surface area contributed by atoms with Crippen LogP contribution in [-0.2, 0) is 10.1 Å². The maximum atomic E-state index is 13.4. The summed E-state index contributed by atoms with van der Waals surface area (Å²) in [4.78, 5) is 17.3. The number of phenolic OH excluding ortho intramolecular Hbond substituents is 1. The largest absolute Gasteiger partial charge is 0.505 e. The summed E-state index contributed by atoms with van der Waals surface area (Å²) >= 11 is 0. The Balaban J connectivity index is 1.40. The molecule has 0 spiro atoms. The van der Waals surface area contributed by atoms with Gasteiger partial charge in [-0.1, -0.05) is 24.3 Å². The number of rotatable bonds is 7. The van der Waals surface area contributed by atoms with E-state index in [4.69, 9.17) is 15.2 Å². The van der Waals surface area contributed by atoms with E-state index < -0.39 is 26.5 Å². The zero-order valence-corrected chi connectivity index (χ0v) is 25.6. The molecule has 13 heteroatoms. The standard InChI is InChI=1S/C33H27N5O7S/c1-18-35-25-7-5-4-6-24(25)33(40)38(18)27-13-9-20(16-29(27)45-3)19-8-12-26(28(15-19)44-2)36-37-31-30(46(41,42)43)17-21-14-22(34)10-11-23(21)32(31)39/h4-17,39H,34H2,1-3H3,(H,41,42,43). The van der Waals surface area contributed by atoms with Gasteiger partial charge in [-0.3, -0.25) is 13.9 Å². The number of anilines is 1. The number of nitrogens with two attached hydrogens (primary N) is 1. The molecule has 0 unspecified atom stereocenters. The average molecular weight is 638 g/mol. The molecule has 232 valence electrons. The zero-order valence-electron chi connectivity index (χ0n) is 24.8. The van der Waals surface area contributed by atoms with Crippen molar-refractivity contribution in [1.29, 1.82) is 0 Å². The van der Waals surface area contributed by atoms with Gasteiger partial charge in [0.05, 0.1) is 30.8 Å². The molecule has 12 nitrogen and oxygen atoms in total. The third-order valence-electron chi connectivity index (χ3n) is 7.49. The molecule has 0 aliphatic heterocycles. The first-order valence-electron chi connectivity index (χ1n) is 13.8. The maximum absolute atomic E-state index is 13.4. The minimum absolute atomic E-state index is 0.218. The number of benzene rings is 5. The minimum Gasteiger partial charge on any atom is -0.505 e. The second-order valence-electron chi connectivity index (χ2n) is 10.3. The van der Waals surface area contributed by atoms with E-state index in [1.54, 1.807) is 55.5 Å². The van der Waals surface area contributed by atoms with Crippen molar-refractivity contribution in [3.63, 3.8) is 0 Å². The third kappa shape index (κ3) is 5.38. The van der Waals surface area contributed by atoms with Crippen molar-refractivity contribution in [3.8, 4) is 34.1 Å². The van der Waals surface area contributed by atoms with Gasteiger partial charge in [0.1, 0.15) is 33.6 Å². The highest BCUT2D eigenvalue weighted by molar-refractivity contribution is 7.86. The number of phenols is 1. The molecule has 1 aromatic heterocycles. The number of methoxy groups -OCH3 is 2. The zero-order chi connectivity index (χ0) is 32.7. The molecular weight excluding hydrogens is 610 g/mol. The molecule has 0 radical (unpaired) electrons. The van der Waals surface area contributed by atoms with Gasteiger partial charge in [-0.05, 0) is 84.1 Å². The average Bonchev–Trinajstić information content (AvgIpc) is 3.03. The summed E-state index contributed by atoms with van der Waals surface area (Å²) in [7, 11) is -1.84. The van der Waals surface area contributed by atoms with Gasteiger partial charge in [0.15, 0.2) is 5.75 Å². The quantitative estimate of drug-likeness (QED) is 0.100. The topological polar surface area (TPSA) is 179 Å². The van der Waals surface area contributed by atoms with E-state index in [0.29, 0.717) is 44.8 Å². The number of para-hydroxylation sites is 1. The summed E-state index contributed by atoms with van der Waals surface area (Å²) < 4.78 is 47.0. The Hall–Kier alpha value is -5.79. The fourth-order valence-corrected chi connectivity index (χ4v) is 5.93. The molecule has 0 aliphatic carbocycles. The molecular formula is C33H27N5O7S. The number of nitrogen functional groups attached to an aromatic ring is 1. The number of aryl methyl sites for hydroxylation is 1. The van der Waals surface area contributed by atoms with Crippen LogP contribution in [0.25, 0.3) is 38.5 Å². The number of aromatic nitrogens is 2. The molecule has 1 heterocycles. The van der Waals surface area contributed by atoms with E-state index in [1.165, 1.54) is 37.0 Å². The third-order valence-corrected chi connectivity index (χ3v) is 8.35. The summed E-state index contributed by atoms with van der Waals surface area (Å²) in [5, 5.41) is 20.1. The first-order chi connectivity index (χ1) is 22.0. The number of nitrogens with zero attached hydrogens (tertiary/aromatic N) is 4. The lowest BCUT2D eigenvalue weighted by atomic mass is 10.0. The van der Waals surface area contributed by atoms with E-state index in [-0.39, 0.29) is 22.4 Å². The Morgan fingerprint density at radius 3 is 2.26 bits per heavy atom. The number of azo groups is 1. The number of aromatic hydroxyl groups is 1. The molecule has 46 heavy (non-hydrogen) atoms. The van der Waals surface area contributed by atoms with E-state index in [1.807, 2.05) is 12.1 Å². The van der Waals surface area contributed by atoms with E-state index in [0.717, 1.165) is 11.6 Å². The molecule has 0 amide bonds. The Labute approximate surface area is 262 Å². The van der Waals surface area contributed by atoms with Crippen LogP contribution in [0.5, 0.6) is 17.2 Å².